The first kappa shape index (κ1) is 16.7. The van der Waals surface area contributed by atoms with Crippen LogP contribution < -0.4 is 5.32 Å². The molecule has 0 aromatic carbocycles. The lowest BCUT2D eigenvalue weighted by Gasteiger charge is -2.26. The first-order chi connectivity index (χ1) is 7.77. The lowest BCUT2D eigenvalue weighted by atomic mass is 9.87. The van der Waals surface area contributed by atoms with Crippen molar-refractivity contribution in [2.75, 3.05) is 27.3 Å². The van der Waals surface area contributed by atoms with Gasteiger partial charge in [0.05, 0.1) is 19.1 Å². The molecule has 0 aromatic rings. The number of ether oxygens (including phenoxy) is 2. The highest BCUT2D eigenvalue weighted by molar-refractivity contribution is 5.85. The zero-order valence-electron chi connectivity index (χ0n) is 10.7. The Morgan fingerprint density at radius 1 is 1.29 bits per heavy atom. The third kappa shape index (κ3) is 6.24. The van der Waals surface area contributed by atoms with Crippen molar-refractivity contribution in [1.29, 1.82) is 0 Å². The van der Waals surface area contributed by atoms with E-state index in [4.69, 9.17) is 9.47 Å². The van der Waals surface area contributed by atoms with Crippen molar-refractivity contribution in [3.05, 3.63) is 0 Å². The zero-order valence-corrected chi connectivity index (χ0v) is 11.6. The van der Waals surface area contributed by atoms with Crippen molar-refractivity contribution in [2.24, 2.45) is 5.92 Å². The highest BCUT2D eigenvalue weighted by atomic mass is 35.5. The van der Waals surface area contributed by atoms with Crippen molar-refractivity contribution in [3.63, 3.8) is 0 Å². The quantitative estimate of drug-likeness (QED) is 0.587. The second-order valence-corrected chi connectivity index (χ2v) is 4.32. The standard InChI is InChI=1S/C12H23NO3.ClH/c1-13-8-3-9-16-11-6-4-10(5-7-11)12(14)15-2;/h10-11,13H,3-9H2,1-2H3;1H. The van der Waals surface area contributed by atoms with Crippen LogP contribution in [0.4, 0.5) is 0 Å². The average Bonchev–Trinajstić information content (AvgIpc) is 2.34. The summed E-state index contributed by atoms with van der Waals surface area (Å²) in [4.78, 5) is 11.3. The monoisotopic (exact) mass is 265 g/mol. The SMILES string of the molecule is CNCCCOC1CCC(C(=O)OC)CC1.Cl. The number of hydrogen-bond acceptors (Lipinski definition) is 4. The van der Waals surface area contributed by atoms with Crippen molar-refractivity contribution < 1.29 is 14.3 Å². The molecule has 4 nitrogen and oxygen atoms in total. The molecule has 1 aliphatic carbocycles. The Labute approximate surface area is 110 Å². The molecule has 0 saturated heterocycles. The molecule has 0 spiro atoms. The fourth-order valence-electron chi connectivity index (χ4n) is 2.13. The second kappa shape index (κ2) is 9.68. The predicted octanol–water partition coefficient (Wildman–Crippen LogP) is 1.77. The van der Waals surface area contributed by atoms with Crippen LogP contribution in [0.1, 0.15) is 32.1 Å². The van der Waals surface area contributed by atoms with Crippen LogP contribution in [0, 0.1) is 5.92 Å². The van der Waals surface area contributed by atoms with Gasteiger partial charge in [0.15, 0.2) is 0 Å². The molecule has 0 unspecified atom stereocenters. The van der Waals surface area contributed by atoms with Crippen LogP contribution in [-0.2, 0) is 14.3 Å². The van der Waals surface area contributed by atoms with Gasteiger partial charge in [-0.3, -0.25) is 4.79 Å². The Bertz CT molecular complexity index is 206. The summed E-state index contributed by atoms with van der Waals surface area (Å²) in [6, 6.07) is 0. The number of esters is 1. The summed E-state index contributed by atoms with van der Waals surface area (Å²) in [6.07, 6.45) is 5.18. The molecule has 1 rings (SSSR count). The number of rotatable bonds is 6. The van der Waals surface area contributed by atoms with Gasteiger partial charge in [-0.25, -0.2) is 0 Å². The molecule has 5 heteroatoms. The van der Waals surface area contributed by atoms with Gasteiger partial charge in [0.25, 0.3) is 0 Å². The molecule has 0 bridgehead atoms. The maximum Gasteiger partial charge on any atom is 0.308 e. The van der Waals surface area contributed by atoms with Crippen LogP contribution in [-0.4, -0.2) is 39.4 Å². The predicted molar refractivity (Wildman–Crippen MR) is 69.5 cm³/mol. The Balaban J connectivity index is 0.00000256. The van der Waals surface area contributed by atoms with Gasteiger partial charge in [-0.05, 0) is 45.7 Å². The van der Waals surface area contributed by atoms with Crippen molar-refractivity contribution in [3.8, 4) is 0 Å². The normalized spacial score (nSPS) is 23.9. The van der Waals surface area contributed by atoms with E-state index in [0.717, 1.165) is 45.3 Å². The van der Waals surface area contributed by atoms with Crippen molar-refractivity contribution in [1.82, 2.24) is 5.32 Å². The second-order valence-electron chi connectivity index (χ2n) is 4.32. The van der Waals surface area contributed by atoms with Crippen LogP contribution >= 0.6 is 12.4 Å². The lowest BCUT2D eigenvalue weighted by molar-refractivity contribution is -0.147. The Hall–Kier alpha value is -0.320. The number of nitrogens with one attached hydrogen (secondary N) is 1. The molecule has 0 radical (unpaired) electrons. The Morgan fingerprint density at radius 3 is 2.47 bits per heavy atom. The summed E-state index contributed by atoms with van der Waals surface area (Å²) in [6.45, 7) is 1.81. The van der Waals surface area contributed by atoms with Crippen LogP contribution in [0.25, 0.3) is 0 Å². The summed E-state index contributed by atoms with van der Waals surface area (Å²) in [5.74, 6) is 0.0378. The van der Waals surface area contributed by atoms with Crippen LogP contribution in [0.5, 0.6) is 0 Å². The number of carbonyl (C=O) groups is 1. The first-order valence-corrected chi connectivity index (χ1v) is 6.12. The zero-order chi connectivity index (χ0) is 11.8. The van der Waals surface area contributed by atoms with Crippen molar-refractivity contribution >= 4 is 18.4 Å². The Kier molecular flexibility index (Phi) is 9.50. The van der Waals surface area contributed by atoms with Gasteiger partial charge in [-0.1, -0.05) is 0 Å². The number of halogens is 1. The minimum Gasteiger partial charge on any atom is -0.469 e. The minimum absolute atomic E-state index is 0. The number of carbonyl (C=O) groups excluding carboxylic acids is 1. The van der Waals surface area contributed by atoms with Crippen molar-refractivity contribution in [2.45, 2.75) is 38.2 Å². The van der Waals surface area contributed by atoms with Gasteiger partial charge < -0.3 is 14.8 Å². The molecule has 0 heterocycles. The van der Waals surface area contributed by atoms with E-state index in [1.807, 2.05) is 7.05 Å². The van der Waals surface area contributed by atoms with E-state index < -0.39 is 0 Å². The maximum atomic E-state index is 11.3. The van der Waals surface area contributed by atoms with E-state index in [1.165, 1.54) is 7.11 Å². The smallest absolute Gasteiger partial charge is 0.308 e. The van der Waals surface area contributed by atoms with Crippen LogP contribution in [0.3, 0.4) is 0 Å². The van der Waals surface area contributed by atoms with E-state index in [0.29, 0.717) is 6.10 Å². The summed E-state index contributed by atoms with van der Waals surface area (Å²) < 4.78 is 10.5. The summed E-state index contributed by atoms with van der Waals surface area (Å²) in [7, 11) is 3.41. The molecule has 0 aromatic heterocycles. The fourth-order valence-corrected chi connectivity index (χ4v) is 2.13. The van der Waals surface area contributed by atoms with Crippen LogP contribution in [0.15, 0.2) is 0 Å². The number of hydrogen-bond donors (Lipinski definition) is 1. The third-order valence-corrected chi connectivity index (χ3v) is 3.13. The molecule has 1 fully saturated rings. The molecule has 102 valence electrons. The first-order valence-electron chi connectivity index (χ1n) is 6.12. The summed E-state index contributed by atoms with van der Waals surface area (Å²) in [5.41, 5.74) is 0. The van der Waals surface area contributed by atoms with E-state index in [2.05, 4.69) is 5.32 Å². The van der Waals surface area contributed by atoms with Gasteiger partial charge in [-0.15, -0.1) is 12.4 Å². The van der Waals surface area contributed by atoms with Gasteiger partial charge in [0.1, 0.15) is 0 Å². The number of methoxy groups -OCH3 is 1. The lowest BCUT2D eigenvalue weighted by Crippen LogP contribution is -2.27. The largest absolute Gasteiger partial charge is 0.469 e. The highest BCUT2D eigenvalue weighted by Gasteiger charge is 2.26. The Morgan fingerprint density at radius 2 is 1.94 bits per heavy atom. The average molecular weight is 266 g/mol. The molecular weight excluding hydrogens is 242 g/mol. The summed E-state index contributed by atoms with van der Waals surface area (Å²) >= 11 is 0. The molecule has 0 amide bonds. The topological polar surface area (TPSA) is 47.6 Å². The molecule has 17 heavy (non-hydrogen) atoms. The van der Waals surface area contributed by atoms with E-state index in [-0.39, 0.29) is 24.3 Å². The fraction of sp³-hybridized carbons (Fsp3) is 0.917. The van der Waals surface area contributed by atoms with Gasteiger partial charge in [0, 0.05) is 6.61 Å². The van der Waals surface area contributed by atoms with Gasteiger partial charge in [-0.2, -0.15) is 0 Å². The summed E-state index contributed by atoms with van der Waals surface area (Å²) in [5, 5.41) is 3.09. The molecule has 0 atom stereocenters. The van der Waals surface area contributed by atoms with E-state index >= 15 is 0 Å². The maximum absolute atomic E-state index is 11.3. The molecule has 0 aliphatic heterocycles. The third-order valence-electron chi connectivity index (χ3n) is 3.13. The molecule has 1 N–H and O–H groups in total. The highest BCUT2D eigenvalue weighted by Crippen LogP contribution is 2.27. The van der Waals surface area contributed by atoms with Gasteiger partial charge in [0.2, 0.25) is 0 Å². The minimum atomic E-state index is -0.0615. The molecular formula is C12H24ClNO3. The molecule has 1 aliphatic rings. The van der Waals surface area contributed by atoms with E-state index in [1.54, 1.807) is 0 Å². The molecule has 1 saturated carbocycles. The van der Waals surface area contributed by atoms with E-state index in [9.17, 15) is 4.79 Å². The van der Waals surface area contributed by atoms with Gasteiger partial charge >= 0.3 is 5.97 Å². The van der Waals surface area contributed by atoms with Crippen LogP contribution in [0.2, 0.25) is 0 Å².